The van der Waals surface area contributed by atoms with Gasteiger partial charge in [0.05, 0.1) is 11.7 Å². The van der Waals surface area contributed by atoms with Crippen molar-refractivity contribution >= 4 is 17.5 Å². The van der Waals surface area contributed by atoms with Crippen LogP contribution in [-0.2, 0) is 4.79 Å². The van der Waals surface area contributed by atoms with E-state index in [2.05, 4.69) is 24.1 Å². The predicted octanol–water partition coefficient (Wildman–Crippen LogP) is 4.42. The van der Waals surface area contributed by atoms with E-state index in [1.54, 1.807) is 6.20 Å². The maximum absolute atomic E-state index is 12.1. The number of ether oxygens (including phenoxy) is 1. The summed E-state index contributed by atoms with van der Waals surface area (Å²) in [7, 11) is 0. The van der Waals surface area contributed by atoms with Crippen LogP contribution >= 0.6 is 11.6 Å². The predicted molar refractivity (Wildman–Crippen MR) is 96.6 cm³/mol. The van der Waals surface area contributed by atoms with Gasteiger partial charge >= 0.3 is 0 Å². The van der Waals surface area contributed by atoms with Crippen LogP contribution in [0, 0.1) is 6.92 Å². The maximum Gasteiger partial charge on any atom is 0.258 e. The summed E-state index contributed by atoms with van der Waals surface area (Å²) >= 11 is 6.19. The molecule has 0 saturated carbocycles. The summed E-state index contributed by atoms with van der Waals surface area (Å²) in [5.74, 6) is 0.775. The fourth-order valence-electron chi connectivity index (χ4n) is 2.38. The second-order valence-corrected chi connectivity index (χ2v) is 6.53. The van der Waals surface area contributed by atoms with Gasteiger partial charge in [0.25, 0.3) is 5.91 Å². The number of nitrogens with one attached hydrogen (secondary N) is 1. The van der Waals surface area contributed by atoms with E-state index in [0.29, 0.717) is 10.8 Å². The number of aromatic nitrogens is 1. The number of pyridine rings is 1. The van der Waals surface area contributed by atoms with Gasteiger partial charge in [-0.1, -0.05) is 31.5 Å². The summed E-state index contributed by atoms with van der Waals surface area (Å²) in [6.07, 6.45) is 1.71. The average Bonchev–Trinajstić information content (AvgIpc) is 2.56. The first-order valence-electron chi connectivity index (χ1n) is 8.01. The highest BCUT2D eigenvalue weighted by atomic mass is 35.5. The smallest absolute Gasteiger partial charge is 0.258 e. The van der Waals surface area contributed by atoms with Crippen molar-refractivity contribution in [3.8, 4) is 5.75 Å². The molecule has 1 unspecified atom stereocenters. The quantitative estimate of drug-likeness (QED) is 0.842. The Hall–Kier alpha value is -2.07. The lowest BCUT2D eigenvalue weighted by Crippen LogP contribution is -2.31. The Morgan fingerprint density at radius 1 is 1.29 bits per heavy atom. The molecule has 1 atom stereocenters. The number of carbonyl (C=O) groups is 1. The van der Waals surface area contributed by atoms with E-state index in [-0.39, 0.29) is 24.5 Å². The molecular formula is C19H23ClN2O2. The largest absolute Gasteiger partial charge is 0.483 e. The Balaban J connectivity index is 2.00. The number of amides is 1. The lowest BCUT2D eigenvalue weighted by molar-refractivity contribution is -0.123. The molecule has 2 rings (SSSR count). The van der Waals surface area contributed by atoms with Crippen molar-refractivity contribution in [2.24, 2.45) is 0 Å². The summed E-state index contributed by atoms with van der Waals surface area (Å²) in [4.78, 5) is 16.4. The SMILES string of the molecule is Cc1cc(OCC(=O)NC(C)c2ccccn2)c(C(C)C)cc1Cl. The molecule has 0 aliphatic heterocycles. The van der Waals surface area contributed by atoms with E-state index in [4.69, 9.17) is 16.3 Å². The fourth-order valence-corrected chi connectivity index (χ4v) is 2.55. The van der Waals surface area contributed by atoms with Gasteiger partial charge in [0.1, 0.15) is 5.75 Å². The second-order valence-electron chi connectivity index (χ2n) is 6.13. The van der Waals surface area contributed by atoms with Crippen molar-refractivity contribution < 1.29 is 9.53 Å². The van der Waals surface area contributed by atoms with Crippen molar-refractivity contribution in [1.82, 2.24) is 10.3 Å². The van der Waals surface area contributed by atoms with Crippen LogP contribution in [0.25, 0.3) is 0 Å². The zero-order valence-electron chi connectivity index (χ0n) is 14.5. The molecule has 0 fully saturated rings. The number of rotatable bonds is 6. The van der Waals surface area contributed by atoms with Crippen LogP contribution in [0.3, 0.4) is 0 Å². The number of hydrogen-bond donors (Lipinski definition) is 1. The van der Waals surface area contributed by atoms with Gasteiger partial charge in [-0.3, -0.25) is 9.78 Å². The van der Waals surface area contributed by atoms with Crippen LogP contribution in [0.4, 0.5) is 0 Å². The normalized spacial score (nSPS) is 12.1. The molecule has 128 valence electrons. The van der Waals surface area contributed by atoms with Gasteiger partial charge < -0.3 is 10.1 Å². The Bertz CT molecular complexity index is 702. The third-order valence-corrected chi connectivity index (χ3v) is 4.19. The van der Waals surface area contributed by atoms with Crippen molar-refractivity contribution in [3.05, 3.63) is 58.4 Å². The molecule has 24 heavy (non-hydrogen) atoms. The minimum absolute atomic E-state index is 0.0437. The lowest BCUT2D eigenvalue weighted by atomic mass is 10.0. The number of nitrogens with zero attached hydrogens (tertiary/aromatic N) is 1. The van der Waals surface area contributed by atoms with Gasteiger partial charge in [0, 0.05) is 11.2 Å². The van der Waals surface area contributed by atoms with Crippen molar-refractivity contribution in [1.29, 1.82) is 0 Å². The minimum Gasteiger partial charge on any atom is -0.483 e. The maximum atomic E-state index is 12.1. The Morgan fingerprint density at radius 2 is 2.04 bits per heavy atom. The molecular weight excluding hydrogens is 324 g/mol. The van der Waals surface area contributed by atoms with Crippen LogP contribution in [0.15, 0.2) is 36.5 Å². The summed E-state index contributed by atoms with van der Waals surface area (Å²) < 4.78 is 5.74. The molecule has 1 N–H and O–H groups in total. The van der Waals surface area contributed by atoms with E-state index in [9.17, 15) is 4.79 Å². The van der Waals surface area contributed by atoms with Crippen LogP contribution in [0.1, 0.15) is 49.6 Å². The first-order valence-corrected chi connectivity index (χ1v) is 8.39. The monoisotopic (exact) mass is 346 g/mol. The molecule has 0 spiro atoms. The van der Waals surface area contributed by atoms with Crippen molar-refractivity contribution in [2.75, 3.05) is 6.61 Å². The summed E-state index contributed by atoms with van der Waals surface area (Å²) in [6.45, 7) is 7.90. The van der Waals surface area contributed by atoms with E-state index in [0.717, 1.165) is 16.8 Å². The third kappa shape index (κ3) is 4.71. The zero-order chi connectivity index (χ0) is 17.7. The van der Waals surface area contributed by atoms with Crippen LogP contribution in [0.2, 0.25) is 5.02 Å². The first kappa shape index (κ1) is 18.3. The molecule has 4 nitrogen and oxygen atoms in total. The van der Waals surface area contributed by atoms with E-state index >= 15 is 0 Å². The molecule has 1 amide bonds. The summed E-state index contributed by atoms with van der Waals surface area (Å²) in [5, 5.41) is 3.60. The molecule has 2 aromatic rings. The Morgan fingerprint density at radius 3 is 2.67 bits per heavy atom. The number of carbonyl (C=O) groups excluding carboxylic acids is 1. The second kappa shape index (κ2) is 8.15. The molecule has 5 heteroatoms. The van der Waals surface area contributed by atoms with Gasteiger partial charge in [0.15, 0.2) is 6.61 Å². The van der Waals surface area contributed by atoms with Gasteiger partial charge in [-0.25, -0.2) is 0 Å². The highest BCUT2D eigenvalue weighted by molar-refractivity contribution is 6.31. The molecule has 0 aliphatic rings. The summed E-state index contributed by atoms with van der Waals surface area (Å²) in [6, 6.07) is 9.24. The van der Waals surface area contributed by atoms with Gasteiger partial charge in [-0.05, 0) is 55.2 Å². The molecule has 0 aliphatic carbocycles. The number of hydrogen-bond acceptors (Lipinski definition) is 3. The van der Waals surface area contributed by atoms with E-state index in [1.165, 1.54) is 0 Å². The first-order chi connectivity index (χ1) is 11.4. The lowest BCUT2D eigenvalue weighted by Gasteiger charge is -2.17. The molecule has 0 bridgehead atoms. The molecule has 0 saturated heterocycles. The summed E-state index contributed by atoms with van der Waals surface area (Å²) in [5.41, 5.74) is 2.74. The molecule has 0 radical (unpaired) electrons. The third-order valence-electron chi connectivity index (χ3n) is 3.78. The van der Waals surface area contributed by atoms with Crippen molar-refractivity contribution in [2.45, 2.75) is 39.7 Å². The topological polar surface area (TPSA) is 51.2 Å². The standard InChI is InChI=1S/C19H23ClN2O2/c1-12(2)15-10-16(20)13(3)9-18(15)24-11-19(23)22-14(4)17-7-5-6-8-21-17/h5-10,12,14H,11H2,1-4H3,(H,22,23). The Kier molecular flexibility index (Phi) is 6.21. The van der Waals surface area contributed by atoms with Crippen LogP contribution in [0.5, 0.6) is 5.75 Å². The van der Waals surface area contributed by atoms with Crippen molar-refractivity contribution in [3.63, 3.8) is 0 Å². The number of halogens is 1. The Labute approximate surface area is 148 Å². The highest BCUT2D eigenvalue weighted by Gasteiger charge is 2.14. The molecule has 1 aromatic carbocycles. The number of benzene rings is 1. The molecule has 1 heterocycles. The van der Waals surface area contributed by atoms with E-state index < -0.39 is 0 Å². The number of aryl methyl sites for hydroxylation is 1. The fraction of sp³-hybridized carbons (Fsp3) is 0.368. The average molecular weight is 347 g/mol. The van der Waals surface area contributed by atoms with Crippen LogP contribution < -0.4 is 10.1 Å². The van der Waals surface area contributed by atoms with E-state index in [1.807, 2.05) is 44.2 Å². The highest BCUT2D eigenvalue weighted by Crippen LogP contribution is 2.31. The van der Waals surface area contributed by atoms with Gasteiger partial charge in [-0.2, -0.15) is 0 Å². The minimum atomic E-state index is -0.185. The zero-order valence-corrected chi connectivity index (χ0v) is 15.2. The van der Waals surface area contributed by atoms with Crippen LogP contribution in [-0.4, -0.2) is 17.5 Å². The van der Waals surface area contributed by atoms with Gasteiger partial charge in [-0.15, -0.1) is 0 Å². The van der Waals surface area contributed by atoms with Gasteiger partial charge in [0.2, 0.25) is 0 Å². The molecule has 1 aromatic heterocycles.